The Morgan fingerprint density at radius 2 is 2.00 bits per heavy atom. The number of nitrogens with zero attached hydrogens (tertiary/aromatic N) is 2. The zero-order chi connectivity index (χ0) is 11.6. The van der Waals surface area contributed by atoms with E-state index in [9.17, 15) is 8.78 Å². The van der Waals surface area contributed by atoms with Crippen molar-refractivity contribution in [2.75, 3.05) is 30.4 Å². The van der Waals surface area contributed by atoms with E-state index in [2.05, 4.69) is 10.3 Å². The number of rotatable bonds is 2. The van der Waals surface area contributed by atoms with Crippen molar-refractivity contribution in [1.82, 2.24) is 4.98 Å². The molecular weight excluding hydrogens is 212 g/mol. The van der Waals surface area contributed by atoms with Crippen molar-refractivity contribution in [3.63, 3.8) is 0 Å². The molecule has 2 rings (SSSR count). The smallest absolute Gasteiger partial charge is 0.251 e. The highest BCUT2D eigenvalue weighted by Gasteiger charge is 2.34. The lowest BCUT2D eigenvalue weighted by Crippen LogP contribution is -2.39. The van der Waals surface area contributed by atoms with Crippen LogP contribution in [0.2, 0.25) is 0 Å². The van der Waals surface area contributed by atoms with Crippen LogP contribution in [-0.2, 0) is 0 Å². The summed E-state index contributed by atoms with van der Waals surface area (Å²) in [5.41, 5.74) is 0.922. The van der Waals surface area contributed by atoms with Crippen molar-refractivity contribution in [3.8, 4) is 0 Å². The number of anilines is 2. The Morgan fingerprint density at radius 3 is 2.50 bits per heavy atom. The molecule has 3 nitrogen and oxygen atoms in total. The van der Waals surface area contributed by atoms with E-state index in [1.807, 2.05) is 24.1 Å². The van der Waals surface area contributed by atoms with Gasteiger partial charge in [0.05, 0.1) is 11.9 Å². The molecule has 0 saturated carbocycles. The predicted molar refractivity (Wildman–Crippen MR) is 60.2 cm³/mol. The largest absolute Gasteiger partial charge is 0.387 e. The van der Waals surface area contributed by atoms with Gasteiger partial charge in [-0.2, -0.15) is 0 Å². The van der Waals surface area contributed by atoms with Gasteiger partial charge in [0, 0.05) is 33.0 Å². The van der Waals surface area contributed by atoms with Gasteiger partial charge in [0.25, 0.3) is 5.92 Å². The quantitative estimate of drug-likeness (QED) is 0.840. The van der Waals surface area contributed by atoms with Crippen LogP contribution in [0.1, 0.15) is 12.8 Å². The third-order valence-electron chi connectivity index (χ3n) is 2.86. The summed E-state index contributed by atoms with van der Waals surface area (Å²) in [6, 6.07) is 3.75. The number of halogens is 2. The summed E-state index contributed by atoms with van der Waals surface area (Å²) in [5.74, 6) is -1.73. The lowest BCUT2D eigenvalue weighted by atomic mass is 10.1. The van der Waals surface area contributed by atoms with Crippen molar-refractivity contribution < 1.29 is 8.78 Å². The topological polar surface area (TPSA) is 28.2 Å². The number of pyridine rings is 1. The Labute approximate surface area is 93.5 Å². The highest BCUT2D eigenvalue weighted by Crippen LogP contribution is 2.29. The van der Waals surface area contributed by atoms with Crippen molar-refractivity contribution in [1.29, 1.82) is 0 Å². The van der Waals surface area contributed by atoms with E-state index in [0.717, 1.165) is 11.5 Å². The number of hydrogen-bond donors (Lipinski definition) is 1. The molecule has 5 heteroatoms. The first-order valence-corrected chi connectivity index (χ1v) is 5.37. The van der Waals surface area contributed by atoms with Crippen molar-refractivity contribution in [2.45, 2.75) is 18.8 Å². The van der Waals surface area contributed by atoms with Crippen LogP contribution in [-0.4, -0.2) is 31.0 Å². The Bertz CT molecular complexity index is 341. The zero-order valence-electron chi connectivity index (χ0n) is 9.21. The molecule has 1 aromatic rings. The van der Waals surface area contributed by atoms with Crippen LogP contribution in [0.3, 0.4) is 0 Å². The minimum atomic E-state index is -2.50. The number of nitrogens with one attached hydrogen (secondary N) is 1. The molecule has 2 heterocycles. The molecule has 0 atom stereocenters. The SMILES string of the molecule is CNc1ccc(N2CCC(F)(F)CC2)nc1. The summed E-state index contributed by atoms with van der Waals surface area (Å²) in [6.07, 6.45) is 1.55. The molecule has 16 heavy (non-hydrogen) atoms. The fourth-order valence-corrected chi connectivity index (χ4v) is 1.78. The number of piperidine rings is 1. The first-order valence-electron chi connectivity index (χ1n) is 5.37. The van der Waals surface area contributed by atoms with Gasteiger partial charge in [-0.3, -0.25) is 0 Å². The fraction of sp³-hybridized carbons (Fsp3) is 0.545. The molecule has 1 aromatic heterocycles. The van der Waals surface area contributed by atoms with E-state index < -0.39 is 5.92 Å². The second-order valence-corrected chi connectivity index (χ2v) is 4.00. The maximum Gasteiger partial charge on any atom is 0.251 e. The average molecular weight is 227 g/mol. The van der Waals surface area contributed by atoms with E-state index in [-0.39, 0.29) is 12.8 Å². The van der Waals surface area contributed by atoms with Crippen LogP contribution in [0.25, 0.3) is 0 Å². The fourth-order valence-electron chi connectivity index (χ4n) is 1.78. The van der Waals surface area contributed by atoms with Crippen LogP contribution < -0.4 is 10.2 Å². The Kier molecular flexibility index (Phi) is 2.94. The Balaban J connectivity index is 2.03. The van der Waals surface area contributed by atoms with Crippen LogP contribution in [0.4, 0.5) is 20.3 Å². The average Bonchev–Trinajstić information content (AvgIpc) is 2.29. The van der Waals surface area contributed by atoms with Crippen LogP contribution in [0.5, 0.6) is 0 Å². The normalized spacial score (nSPS) is 19.6. The van der Waals surface area contributed by atoms with Gasteiger partial charge in [0.15, 0.2) is 0 Å². The molecule has 1 saturated heterocycles. The van der Waals surface area contributed by atoms with Crippen LogP contribution >= 0.6 is 0 Å². The highest BCUT2D eigenvalue weighted by atomic mass is 19.3. The molecular formula is C11H15F2N3. The van der Waals surface area contributed by atoms with E-state index in [1.165, 1.54) is 0 Å². The summed E-state index contributed by atoms with van der Waals surface area (Å²) in [4.78, 5) is 6.14. The lowest BCUT2D eigenvalue weighted by Gasteiger charge is -2.32. The van der Waals surface area contributed by atoms with Gasteiger partial charge >= 0.3 is 0 Å². The minimum Gasteiger partial charge on any atom is -0.387 e. The Morgan fingerprint density at radius 1 is 1.31 bits per heavy atom. The first kappa shape index (κ1) is 11.1. The van der Waals surface area contributed by atoms with Gasteiger partial charge in [-0.1, -0.05) is 0 Å². The molecule has 1 N–H and O–H groups in total. The molecule has 0 unspecified atom stereocenters. The molecule has 0 aliphatic carbocycles. The Hall–Kier alpha value is -1.39. The van der Waals surface area contributed by atoms with Gasteiger partial charge in [-0.15, -0.1) is 0 Å². The third-order valence-corrected chi connectivity index (χ3v) is 2.86. The van der Waals surface area contributed by atoms with E-state index in [1.54, 1.807) is 6.20 Å². The van der Waals surface area contributed by atoms with E-state index in [0.29, 0.717) is 13.1 Å². The molecule has 1 aliphatic heterocycles. The third kappa shape index (κ3) is 2.40. The monoisotopic (exact) mass is 227 g/mol. The van der Waals surface area contributed by atoms with Crippen LogP contribution in [0, 0.1) is 0 Å². The molecule has 1 fully saturated rings. The number of alkyl halides is 2. The van der Waals surface area contributed by atoms with Crippen molar-refractivity contribution in [3.05, 3.63) is 18.3 Å². The summed E-state index contributed by atoms with van der Waals surface area (Å²) >= 11 is 0. The summed E-state index contributed by atoms with van der Waals surface area (Å²) in [7, 11) is 1.82. The number of aromatic nitrogens is 1. The predicted octanol–water partition coefficient (Wildman–Crippen LogP) is 2.36. The molecule has 0 amide bonds. The maximum atomic E-state index is 13.0. The maximum absolute atomic E-state index is 13.0. The molecule has 0 spiro atoms. The summed E-state index contributed by atoms with van der Waals surface area (Å²) in [6.45, 7) is 0.748. The lowest BCUT2D eigenvalue weighted by molar-refractivity contribution is -0.0221. The van der Waals surface area contributed by atoms with Crippen molar-refractivity contribution in [2.24, 2.45) is 0 Å². The van der Waals surface area contributed by atoms with Crippen molar-refractivity contribution >= 4 is 11.5 Å². The van der Waals surface area contributed by atoms with Gasteiger partial charge in [-0.05, 0) is 12.1 Å². The van der Waals surface area contributed by atoms with Gasteiger partial charge in [0.1, 0.15) is 5.82 Å². The zero-order valence-corrected chi connectivity index (χ0v) is 9.21. The summed E-state index contributed by atoms with van der Waals surface area (Å²) < 4.78 is 25.9. The van der Waals surface area contributed by atoms with E-state index in [4.69, 9.17) is 0 Å². The molecule has 88 valence electrons. The minimum absolute atomic E-state index is 0.0809. The standard InChI is InChI=1S/C11H15F2N3/c1-14-9-2-3-10(15-8-9)16-6-4-11(12,13)5-7-16/h2-3,8,14H,4-7H2,1H3. The molecule has 0 radical (unpaired) electrons. The highest BCUT2D eigenvalue weighted by molar-refractivity contribution is 5.48. The van der Waals surface area contributed by atoms with E-state index >= 15 is 0 Å². The van der Waals surface area contributed by atoms with Gasteiger partial charge in [0.2, 0.25) is 0 Å². The second kappa shape index (κ2) is 4.23. The number of hydrogen-bond acceptors (Lipinski definition) is 3. The molecule has 1 aliphatic rings. The molecule has 0 aromatic carbocycles. The van der Waals surface area contributed by atoms with Crippen LogP contribution in [0.15, 0.2) is 18.3 Å². The first-order chi connectivity index (χ1) is 7.61. The second-order valence-electron chi connectivity index (χ2n) is 4.00. The van der Waals surface area contributed by atoms with Gasteiger partial charge < -0.3 is 10.2 Å². The summed E-state index contributed by atoms with van der Waals surface area (Å²) in [5, 5.41) is 2.97. The van der Waals surface area contributed by atoms with Gasteiger partial charge in [-0.25, -0.2) is 13.8 Å². The molecule has 0 bridgehead atoms.